The first kappa shape index (κ1) is 11.1. The van der Waals surface area contributed by atoms with Crippen molar-refractivity contribution in [2.24, 2.45) is 5.73 Å². The summed E-state index contributed by atoms with van der Waals surface area (Å²) in [5.74, 6) is 2.94. The highest BCUT2D eigenvalue weighted by atomic mass is 16.6. The van der Waals surface area contributed by atoms with Gasteiger partial charge < -0.3 is 20.2 Å². The zero-order chi connectivity index (χ0) is 12.8. The largest absolute Gasteiger partial charge is 0.486 e. The van der Waals surface area contributed by atoms with Crippen LogP contribution in [-0.2, 0) is 0 Å². The van der Waals surface area contributed by atoms with E-state index < -0.39 is 0 Å². The van der Waals surface area contributed by atoms with E-state index in [9.17, 15) is 0 Å². The Balaban J connectivity index is 1.78. The first-order chi connectivity index (χ1) is 9.31. The molecule has 2 atom stereocenters. The predicted octanol–water partition coefficient (Wildman–Crippen LogP) is 1.93. The molecule has 1 aromatic carbocycles. The zero-order valence-electron chi connectivity index (χ0n) is 10.7. The standard InChI is InChI=1S/C14H17N3O2/c15-9-3-1-2-8(9)14-16-10-6-12-13(7-11(10)17-14)19-5-4-18-12/h6-9H,1-5,15H2,(H,16,17). The highest BCUT2D eigenvalue weighted by Gasteiger charge is 2.28. The summed E-state index contributed by atoms with van der Waals surface area (Å²) in [5, 5.41) is 0. The molecule has 0 saturated heterocycles. The van der Waals surface area contributed by atoms with E-state index >= 15 is 0 Å². The number of aromatic nitrogens is 2. The molecule has 0 radical (unpaired) electrons. The van der Waals surface area contributed by atoms with Gasteiger partial charge in [0.25, 0.3) is 0 Å². The highest BCUT2D eigenvalue weighted by Crippen LogP contribution is 2.36. The molecule has 4 rings (SSSR count). The molecule has 0 bridgehead atoms. The van der Waals surface area contributed by atoms with Crippen LogP contribution in [0.1, 0.15) is 31.0 Å². The van der Waals surface area contributed by atoms with Gasteiger partial charge in [-0.15, -0.1) is 0 Å². The molecule has 0 amide bonds. The lowest BCUT2D eigenvalue weighted by atomic mass is 10.0. The van der Waals surface area contributed by atoms with Crippen LogP contribution in [0.3, 0.4) is 0 Å². The molecular weight excluding hydrogens is 242 g/mol. The van der Waals surface area contributed by atoms with Crippen LogP contribution in [0, 0.1) is 0 Å². The van der Waals surface area contributed by atoms with E-state index in [0.29, 0.717) is 19.1 Å². The van der Waals surface area contributed by atoms with Gasteiger partial charge in [-0.1, -0.05) is 6.42 Å². The van der Waals surface area contributed by atoms with Gasteiger partial charge in [-0.05, 0) is 12.8 Å². The predicted molar refractivity (Wildman–Crippen MR) is 71.7 cm³/mol. The molecule has 100 valence electrons. The topological polar surface area (TPSA) is 73.2 Å². The lowest BCUT2D eigenvalue weighted by Gasteiger charge is -2.17. The normalized spacial score (nSPS) is 25.9. The van der Waals surface area contributed by atoms with Crippen molar-refractivity contribution in [3.8, 4) is 11.5 Å². The van der Waals surface area contributed by atoms with Crippen LogP contribution in [0.4, 0.5) is 0 Å². The fourth-order valence-corrected chi connectivity index (χ4v) is 3.07. The number of nitrogens with one attached hydrogen (secondary N) is 1. The number of aromatic amines is 1. The Morgan fingerprint density at radius 2 is 1.95 bits per heavy atom. The van der Waals surface area contributed by atoms with E-state index in [2.05, 4.69) is 9.97 Å². The maximum Gasteiger partial charge on any atom is 0.163 e. The number of nitrogens with two attached hydrogens (primary N) is 1. The Bertz CT molecular complexity index is 579. The maximum absolute atomic E-state index is 6.15. The Hall–Kier alpha value is -1.75. The third-order valence-corrected chi connectivity index (χ3v) is 4.08. The van der Waals surface area contributed by atoms with Crippen LogP contribution in [0.25, 0.3) is 11.0 Å². The van der Waals surface area contributed by atoms with Crippen LogP contribution >= 0.6 is 0 Å². The molecule has 1 aromatic heterocycles. The lowest BCUT2D eigenvalue weighted by molar-refractivity contribution is 0.172. The SMILES string of the molecule is NC1CCCC1c1nc2cc3c(cc2[nH]1)OCCO3. The molecule has 2 aromatic rings. The van der Waals surface area contributed by atoms with Gasteiger partial charge in [-0.25, -0.2) is 4.98 Å². The Labute approximate surface area is 111 Å². The molecule has 1 fully saturated rings. The maximum atomic E-state index is 6.15. The van der Waals surface area contributed by atoms with Crippen molar-refractivity contribution in [1.82, 2.24) is 9.97 Å². The Kier molecular flexibility index (Phi) is 2.41. The summed E-state index contributed by atoms with van der Waals surface area (Å²) in [4.78, 5) is 8.07. The second-order valence-corrected chi connectivity index (χ2v) is 5.34. The number of hydrogen-bond donors (Lipinski definition) is 2. The van der Waals surface area contributed by atoms with Crippen LogP contribution in [-0.4, -0.2) is 29.2 Å². The van der Waals surface area contributed by atoms with Crippen LogP contribution in [0.2, 0.25) is 0 Å². The number of H-pyrrole nitrogens is 1. The Morgan fingerprint density at radius 1 is 1.16 bits per heavy atom. The lowest BCUT2D eigenvalue weighted by Crippen LogP contribution is -2.23. The molecule has 1 aliphatic carbocycles. The summed E-state index contributed by atoms with van der Waals surface area (Å²) in [7, 11) is 0. The van der Waals surface area contributed by atoms with Crippen LogP contribution < -0.4 is 15.2 Å². The number of rotatable bonds is 1. The summed E-state index contributed by atoms with van der Waals surface area (Å²) in [5.41, 5.74) is 8.07. The quantitative estimate of drug-likeness (QED) is 0.820. The minimum absolute atomic E-state index is 0.225. The average Bonchev–Trinajstić information content (AvgIpc) is 3.01. The van der Waals surface area contributed by atoms with Gasteiger partial charge in [-0.3, -0.25) is 0 Å². The van der Waals surface area contributed by atoms with Gasteiger partial charge >= 0.3 is 0 Å². The number of ether oxygens (including phenoxy) is 2. The fourth-order valence-electron chi connectivity index (χ4n) is 3.07. The van der Waals surface area contributed by atoms with E-state index in [0.717, 1.165) is 41.2 Å². The molecule has 2 aliphatic rings. The summed E-state index contributed by atoms with van der Waals surface area (Å²) in [6.07, 6.45) is 3.39. The van der Waals surface area contributed by atoms with Gasteiger partial charge in [0.05, 0.1) is 11.0 Å². The molecular formula is C14H17N3O2. The Morgan fingerprint density at radius 3 is 2.68 bits per heavy atom. The molecule has 1 aliphatic heterocycles. The molecule has 0 spiro atoms. The van der Waals surface area contributed by atoms with Crippen molar-refractivity contribution in [3.63, 3.8) is 0 Å². The number of benzene rings is 1. The monoisotopic (exact) mass is 259 g/mol. The summed E-state index contributed by atoms with van der Waals surface area (Å²) < 4.78 is 11.2. The van der Waals surface area contributed by atoms with Crippen LogP contribution in [0.15, 0.2) is 12.1 Å². The second-order valence-electron chi connectivity index (χ2n) is 5.34. The molecule has 5 nitrogen and oxygen atoms in total. The van der Waals surface area contributed by atoms with Gasteiger partial charge in [0, 0.05) is 24.1 Å². The van der Waals surface area contributed by atoms with Crippen LogP contribution in [0.5, 0.6) is 11.5 Å². The molecule has 2 unspecified atom stereocenters. The molecule has 2 heterocycles. The van der Waals surface area contributed by atoms with Crippen molar-refractivity contribution in [2.45, 2.75) is 31.2 Å². The van der Waals surface area contributed by atoms with Gasteiger partial charge in [-0.2, -0.15) is 0 Å². The van der Waals surface area contributed by atoms with Crippen molar-refractivity contribution in [3.05, 3.63) is 18.0 Å². The van der Waals surface area contributed by atoms with Gasteiger partial charge in [0.2, 0.25) is 0 Å². The van der Waals surface area contributed by atoms with E-state index in [4.69, 9.17) is 15.2 Å². The smallest absolute Gasteiger partial charge is 0.163 e. The summed E-state index contributed by atoms with van der Waals surface area (Å²) >= 11 is 0. The van der Waals surface area contributed by atoms with Crippen molar-refractivity contribution in [1.29, 1.82) is 0 Å². The first-order valence-corrected chi connectivity index (χ1v) is 6.86. The van der Waals surface area contributed by atoms with E-state index in [1.54, 1.807) is 0 Å². The van der Waals surface area contributed by atoms with Crippen molar-refractivity contribution < 1.29 is 9.47 Å². The number of nitrogens with zero attached hydrogens (tertiary/aromatic N) is 1. The molecule has 5 heteroatoms. The van der Waals surface area contributed by atoms with E-state index in [-0.39, 0.29) is 6.04 Å². The van der Waals surface area contributed by atoms with Crippen molar-refractivity contribution >= 4 is 11.0 Å². The summed E-state index contributed by atoms with van der Waals surface area (Å²) in [6, 6.07) is 4.15. The van der Waals surface area contributed by atoms with Crippen molar-refractivity contribution in [2.75, 3.05) is 13.2 Å². The number of hydrogen-bond acceptors (Lipinski definition) is 4. The van der Waals surface area contributed by atoms with Gasteiger partial charge in [0.1, 0.15) is 19.0 Å². The molecule has 3 N–H and O–H groups in total. The zero-order valence-corrected chi connectivity index (χ0v) is 10.7. The third-order valence-electron chi connectivity index (χ3n) is 4.08. The van der Waals surface area contributed by atoms with Gasteiger partial charge in [0.15, 0.2) is 11.5 Å². The minimum atomic E-state index is 0.225. The molecule has 19 heavy (non-hydrogen) atoms. The number of imidazole rings is 1. The average molecular weight is 259 g/mol. The van der Waals surface area contributed by atoms with E-state index in [1.807, 2.05) is 12.1 Å². The minimum Gasteiger partial charge on any atom is -0.486 e. The van der Waals surface area contributed by atoms with E-state index in [1.165, 1.54) is 6.42 Å². The second kappa shape index (κ2) is 4.13. The fraction of sp³-hybridized carbons (Fsp3) is 0.500. The third kappa shape index (κ3) is 1.76. The number of fused-ring (bicyclic) bond motifs is 2. The summed E-state index contributed by atoms with van der Waals surface area (Å²) in [6.45, 7) is 1.20. The molecule has 1 saturated carbocycles. The highest BCUT2D eigenvalue weighted by molar-refractivity contribution is 5.80. The first-order valence-electron chi connectivity index (χ1n) is 6.86.